The highest BCUT2D eigenvalue weighted by Crippen LogP contribution is 2.35. The Hall–Kier alpha value is -2.43. The predicted molar refractivity (Wildman–Crippen MR) is 92.5 cm³/mol. The van der Waals surface area contributed by atoms with Crippen molar-refractivity contribution >= 4 is 11.4 Å². The molecule has 0 aliphatic heterocycles. The molecule has 1 aromatic carbocycles. The van der Waals surface area contributed by atoms with Gasteiger partial charge in [-0.25, -0.2) is 0 Å². The Morgan fingerprint density at radius 2 is 1.04 bits per heavy atom. The number of H-pyrrole nitrogens is 1. The highest BCUT2D eigenvalue weighted by atomic mass is 16.3. The number of benzene rings is 1. The van der Waals surface area contributed by atoms with Crippen molar-refractivity contribution in [2.45, 2.75) is 48.5 Å². The van der Waals surface area contributed by atoms with Crippen LogP contribution >= 0.6 is 0 Å². The summed E-state index contributed by atoms with van der Waals surface area (Å²) in [7, 11) is 0. The zero-order valence-electron chi connectivity index (χ0n) is 14.7. The van der Waals surface area contributed by atoms with E-state index >= 15 is 0 Å². The molecular formula is C18H23N3O2. The van der Waals surface area contributed by atoms with Gasteiger partial charge in [0.15, 0.2) is 0 Å². The SMILES string of the molecule is Cc1c(C)c(C)c(/N=N/c2c(O)[nH]c(=O)c(C)c2C)c(C)c1C. The van der Waals surface area contributed by atoms with Crippen LogP contribution in [-0.2, 0) is 0 Å². The number of hydrogen-bond donors (Lipinski definition) is 2. The quantitative estimate of drug-likeness (QED) is 0.791. The summed E-state index contributed by atoms with van der Waals surface area (Å²) < 4.78 is 0. The minimum Gasteiger partial charge on any atom is -0.493 e. The lowest BCUT2D eigenvalue weighted by molar-refractivity contribution is 0.452. The normalized spacial score (nSPS) is 11.4. The Balaban J connectivity index is 2.64. The van der Waals surface area contributed by atoms with E-state index in [4.69, 9.17) is 0 Å². The van der Waals surface area contributed by atoms with Gasteiger partial charge in [0, 0.05) is 5.56 Å². The zero-order chi connectivity index (χ0) is 17.5. The van der Waals surface area contributed by atoms with Gasteiger partial charge in [-0.2, -0.15) is 0 Å². The molecule has 0 unspecified atom stereocenters. The molecule has 0 amide bonds. The topological polar surface area (TPSA) is 77.8 Å². The molecular weight excluding hydrogens is 290 g/mol. The Bertz CT molecular complexity index is 848. The number of aromatic amines is 1. The fourth-order valence-corrected chi connectivity index (χ4v) is 2.64. The summed E-state index contributed by atoms with van der Waals surface area (Å²) in [5.74, 6) is -0.252. The fourth-order valence-electron chi connectivity index (χ4n) is 2.64. The van der Waals surface area contributed by atoms with E-state index in [0.29, 0.717) is 16.8 Å². The van der Waals surface area contributed by atoms with Gasteiger partial charge in [-0.05, 0) is 81.8 Å². The first-order chi connectivity index (χ1) is 10.7. The Kier molecular flexibility index (Phi) is 4.41. The molecule has 0 spiro atoms. The molecule has 0 fully saturated rings. The largest absolute Gasteiger partial charge is 0.493 e. The van der Waals surface area contributed by atoms with Crippen molar-refractivity contribution in [2.24, 2.45) is 10.2 Å². The lowest BCUT2D eigenvalue weighted by Gasteiger charge is -2.15. The number of nitrogens with zero attached hydrogens (tertiary/aromatic N) is 2. The molecule has 2 aromatic rings. The number of azo groups is 1. The van der Waals surface area contributed by atoms with E-state index in [-0.39, 0.29) is 11.4 Å². The summed E-state index contributed by atoms with van der Waals surface area (Å²) >= 11 is 0. The van der Waals surface area contributed by atoms with Gasteiger partial charge >= 0.3 is 0 Å². The number of aromatic nitrogens is 1. The number of aromatic hydroxyl groups is 1. The third-order valence-corrected chi connectivity index (χ3v) is 4.92. The van der Waals surface area contributed by atoms with Gasteiger partial charge in [0.1, 0.15) is 5.69 Å². The van der Waals surface area contributed by atoms with Crippen molar-refractivity contribution in [1.29, 1.82) is 0 Å². The standard InChI is InChI=1S/C18H23N3O2/c1-8-9(2)11(4)15(12(5)10(8)3)20-21-16-13(6)14(7)17(22)19-18(16)23/h1-7H3,(H2,19,22,23)/b21-20+. The van der Waals surface area contributed by atoms with E-state index in [0.717, 1.165) is 16.8 Å². The second-order valence-corrected chi connectivity index (χ2v) is 6.07. The molecule has 5 nitrogen and oxygen atoms in total. The third kappa shape index (κ3) is 2.79. The average Bonchev–Trinajstić information content (AvgIpc) is 2.51. The van der Waals surface area contributed by atoms with Crippen LogP contribution in [0, 0.1) is 48.5 Å². The van der Waals surface area contributed by atoms with Gasteiger partial charge in [-0.3, -0.25) is 9.78 Å². The van der Waals surface area contributed by atoms with Gasteiger partial charge in [-0.1, -0.05) is 0 Å². The van der Waals surface area contributed by atoms with E-state index in [1.54, 1.807) is 13.8 Å². The fraction of sp³-hybridized carbons (Fsp3) is 0.389. The van der Waals surface area contributed by atoms with Crippen LogP contribution in [-0.4, -0.2) is 10.1 Å². The number of rotatable bonds is 2. The summed E-state index contributed by atoms with van der Waals surface area (Å²) in [5.41, 5.74) is 7.77. The second-order valence-electron chi connectivity index (χ2n) is 6.07. The molecule has 0 saturated heterocycles. The molecule has 0 saturated carbocycles. The average molecular weight is 313 g/mol. The second kappa shape index (κ2) is 5.99. The Labute approximate surface area is 136 Å². The maximum atomic E-state index is 11.6. The summed E-state index contributed by atoms with van der Waals surface area (Å²) in [6, 6.07) is 0. The summed E-state index contributed by atoms with van der Waals surface area (Å²) in [4.78, 5) is 14.0. The highest BCUT2D eigenvalue weighted by molar-refractivity contribution is 5.62. The van der Waals surface area contributed by atoms with Crippen LogP contribution in [0.2, 0.25) is 0 Å². The molecule has 0 bridgehead atoms. The van der Waals surface area contributed by atoms with E-state index < -0.39 is 0 Å². The van der Waals surface area contributed by atoms with Crippen LogP contribution < -0.4 is 5.56 Å². The van der Waals surface area contributed by atoms with Gasteiger partial charge in [0.2, 0.25) is 5.88 Å². The van der Waals surface area contributed by atoms with Gasteiger partial charge in [-0.15, -0.1) is 10.2 Å². The predicted octanol–water partition coefficient (Wildman–Crippen LogP) is 4.65. The minimum atomic E-state index is -0.312. The Morgan fingerprint density at radius 1 is 0.652 bits per heavy atom. The van der Waals surface area contributed by atoms with Crippen molar-refractivity contribution in [3.05, 3.63) is 49.3 Å². The summed E-state index contributed by atoms with van der Waals surface area (Å²) in [6.45, 7) is 13.7. The maximum absolute atomic E-state index is 11.6. The van der Waals surface area contributed by atoms with Crippen molar-refractivity contribution in [3.8, 4) is 5.88 Å². The minimum absolute atomic E-state index is 0.252. The van der Waals surface area contributed by atoms with Crippen LogP contribution in [0.25, 0.3) is 0 Å². The first-order valence-electron chi connectivity index (χ1n) is 7.57. The third-order valence-electron chi connectivity index (χ3n) is 4.92. The molecule has 0 atom stereocenters. The van der Waals surface area contributed by atoms with Crippen molar-refractivity contribution in [1.82, 2.24) is 4.98 Å². The molecule has 5 heteroatoms. The molecule has 0 aliphatic carbocycles. The molecule has 2 N–H and O–H groups in total. The van der Waals surface area contributed by atoms with E-state index in [1.165, 1.54) is 16.7 Å². The molecule has 0 aliphatic rings. The van der Waals surface area contributed by atoms with Crippen LogP contribution in [0.1, 0.15) is 38.9 Å². The highest BCUT2D eigenvalue weighted by Gasteiger charge is 2.14. The van der Waals surface area contributed by atoms with Crippen LogP contribution in [0.3, 0.4) is 0 Å². The first-order valence-corrected chi connectivity index (χ1v) is 7.57. The summed E-state index contributed by atoms with van der Waals surface area (Å²) in [6.07, 6.45) is 0. The van der Waals surface area contributed by atoms with Gasteiger partial charge in [0.25, 0.3) is 5.56 Å². The number of nitrogens with one attached hydrogen (secondary N) is 1. The lowest BCUT2D eigenvalue weighted by atomic mass is 9.93. The summed E-state index contributed by atoms with van der Waals surface area (Å²) in [5, 5.41) is 18.5. The van der Waals surface area contributed by atoms with Crippen LogP contribution in [0.5, 0.6) is 5.88 Å². The Morgan fingerprint density at radius 3 is 1.57 bits per heavy atom. The van der Waals surface area contributed by atoms with Crippen molar-refractivity contribution < 1.29 is 5.11 Å². The lowest BCUT2D eigenvalue weighted by Crippen LogP contribution is -2.10. The zero-order valence-corrected chi connectivity index (χ0v) is 14.7. The molecule has 0 radical (unpaired) electrons. The molecule has 122 valence electrons. The number of pyridine rings is 1. The molecule has 1 heterocycles. The molecule has 2 rings (SSSR count). The monoisotopic (exact) mass is 313 g/mol. The van der Waals surface area contributed by atoms with E-state index in [1.807, 2.05) is 13.8 Å². The van der Waals surface area contributed by atoms with Crippen molar-refractivity contribution in [3.63, 3.8) is 0 Å². The first kappa shape index (κ1) is 16.9. The van der Waals surface area contributed by atoms with Gasteiger partial charge < -0.3 is 5.11 Å². The van der Waals surface area contributed by atoms with Crippen LogP contribution in [0.4, 0.5) is 11.4 Å². The molecule has 1 aromatic heterocycles. The van der Waals surface area contributed by atoms with E-state index in [9.17, 15) is 9.90 Å². The van der Waals surface area contributed by atoms with Crippen LogP contribution in [0.15, 0.2) is 15.0 Å². The smallest absolute Gasteiger partial charge is 0.254 e. The maximum Gasteiger partial charge on any atom is 0.254 e. The number of hydrogen-bond acceptors (Lipinski definition) is 4. The van der Waals surface area contributed by atoms with Crippen molar-refractivity contribution in [2.75, 3.05) is 0 Å². The molecule has 23 heavy (non-hydrogen) atoms. The van der Waals surface area contributed by atoms with E-state index in [2.05, 4.69) is 36.0 Å². The van der Waals surface area contributed by atoms with Gasteiger partial charge in [0.05, 0.1) is 5.69 Å².